The van der Waals surface area contributed by atoms with Crippen molar-refractivity contribution in [1.29, 1.82) is 0 Å². The summed E-state index contributed by atoms with van der Waals surface area (Å²) in [6.07, 6.45) is 3.52. The number of carbonyl (C=O) groups is 1. The SMILES string of the molecule is CC1=C[C@H](c2ncc(-c3ccc(Br)cc3)[nH]2)N(C(=O)OC(C)(C)C)C1. The quantitative estimate of drug-likeness (QED) is 0.711. The first kappa shape index (κ1) is 17.7. The highest BCUT2D eigenvalue weighted by Gasteiger charge is 2.33. The summed E-state index contributed by atoms with van der Waals surface area (Å²) in [5, 5.41) is 0. The van der Waals surface area contributed by atoms with Crippen LogP contribution >= 0.6 is 15.9 Å². The van der Waals surface area contributed by atoms with Gasteiger partial charge in [0.15, 0.2) is 0 Å². The third-order valence-electron chi connectivity index (χ3n) is 3.86. The smallest absolute Gasteiger partial charge is 0.411 e. The van der Waals surface area contributed by atoms with Crippen molar-refractivity contribution < 1.29 is 9.53 Å². The summed E-state index contributed by atoms with van der Waals surface area (Å²) in [7, 11) is 0. The Labute approximate surface area is 156 Å². The van der Waals surface area contributed by atoms with E-state index in [9.17, 15) is 4.79 Å². The molecular weight excluding hydrogens is 382 g/mol. The summed E-state index contributed by atoms with van der Waals surface area (Å²) in [6, 6.07) is 7.77. The molecule has 25 heavy (non-hydrogen) atoms. The predicted octanol–water partition coefficient (Wildman–Crippen LogP) is 5.08. The van der Waals surface area contributed by atoms with Crippen molar-refractivity contribution in [3.05, 3.63) is 52.4 Å². The standard InChI is InChI=1S/C19H22BrN3O2/c1-12-9-16(23(11-12)18(24)25-19(2,3)4)17-21-10-15(22-17)13-5-7-14(20)8-6-13/h5-10,16H,11H2,1-4H3,(H,21,22)/t16-/m1/s1. The zero-order valence-electron chi connectivity index (χ0n) is 14.8. The third-order valence-corrected chi connectivity index (χ3v) is 4.39. The predicted molar refractivity (Wildman–Crippen MR) is 101 cm³/mol. The number of aromatic nitrogens is 2. The van der Waals surface area contributed by atoms with Crippen molar-refractivity contribution in [2.75, 3.05) is 6.54 Å². The van der Waals surface area contributed by atoms with E-state index in [4.69, 9.17) is 4.74 Å². The molecule has 1 N–H and O–H groups in total. The molecule has 1 aliphatic rings. The van der Waals surface area contributed by atoms with Crippen molar-refractivity contribution in [2.24, 2.45) is 0 Å². The van der Waals surface area contributed by atoms with Crippen molar-refractivity contribution in [2.45, 2.75) is 39.3 Å². The minimum atomic E-state index is -0.524. The topological polar surface area (TPSA) is 58.2 Å². The van der Waals surface area contributed by atoms with Crippen LogP contribution in [0.1, 0.15) is 39.6 Å². The molecule has 5 nitrogen and oxygen atoms in total. The van der Waals surface area contributed by atoms with E-state index in [1.807, 2.05) is 58.0 Å². The Balaban J connectivity index is 1.84. The first-order valence-electron chi connectivity index (χ1n) is 8.21. The molecule has 0 unspecified atom stereocenters. The molecule has 0 saturated carbocycles. The van der Waals surface area contributed by atoms with Gasteiger partial charge in [-0.15, -0.1) is 0 Å². The van der Waals surface area contributed by atoms with E-state index in [-0.39, 0.29) is 12.1 Å². The van der Waals surface area contributed by atoms with Gasteiger partial charge < -0.3 is 9.72 Å². The van der Waals surface area contributed by atoms with Gasteiger partial charge in [0.05, 0.1) is 11.9 Å². The molecule has 0 spiro atoms. The molecule has 3 rings (SSSR count). The molecule has 0 radical (unpaired) electrons. The van der Waals surface area contributed by atoms with Gasteiger partial charge in [-0.3, -0.25) is 4.90 Å². The van der Waals surface area contributed by atoms with Crippen LogP contribution in [0.25, 0.3) is 11.3 Å². The highest BCUT2D eigenvalue weighted by molar-refractivity contribution is 9.10. The fourth-order valence-electron chi connectivity index (χ4n) is 2.77. The van der Waals surface area contributed by atoms with E-state index in [0.717, 1.165) is 27.1 Å². The zero-order valence-corrected chi connectivity index (χ0v) is 16.4. The Morgan fingerprint density at radius 1 is 1.32 bits per heavy atom. The molecular formula is C19H22BrN3O2. The van der Waals surface area contributed by atoms with Crippen LogP contribution < -0.4 is 0 Å². The number of aromatic amines is 1. The summed E-state index contributed by atoms with van der Waals surface area (Å²) in [6.45, 7) is 8.17. The van der Waals surface area contributed by atoms with Crippen molar-refractivity contribution in [1.82, 2.24) is 14.9 Å². The van der Waals surface area contributed by atoms with Crippen molar-refractivity contribution in [3.63, 3.8) is 0 Å². The van der Waals surface area contributed by atoms with Gasteiger partial charge in [0.25, 0.3) is 0 Å². The highest BCUT2D eigenvalue weighted by atomic mass is 79.9. The second-order valence-electron chi connectivity index (χ2n) is 7.26. The van der Waals surface area contributed by atoms with Crippen LogP contribution in [-0.2, 0) is 4.74 Å². The maximum Gasteiger partial charge on any atom is 0.411 e. The summed E-state index contributed by atoms with van der Waals surface area (Å²) in [5.41, 5.74) is 2.57. The molecule has 1 amide bonds. The van der Waals surface area contributed by atoms with E-state index >= 15 is 0 Å². The number of amides is 1. The third kappa shape index (κ3) is 4.12. The number of carbonyl (C=O) groups excluding carboxylic acids is 1. The van der Waals surface area contributed by atoms with Gasteiger partial charge >= 0.3 is 6.09 Å². The van der Waals surface area contributed by atoms with Crippen molar-refractivity contribution >= 4 is 22.0 Å². The van der Waals surface area contributed by atoms with E-state index in [1.165, 1.54) is 0 Å². The first-order valence-corrected chi connectivity index (χ1v) is 9.00. The van der Waals surface area contributed by atoms with Crippen molar-refractivity contribution in [3.8, 4) is 11.3 Å². The molecule has 6 heteroatoms. The van der Waals surface area contributed by atoms with Gasteiger partial charge in [-0.2, -0.15) is 0 Å². The number of nitrogens with zero attached hydrogens (tertiary/aromatic N) is 2. The van der Waals surface area contributed by atoms with E-state index in [2.05, 4.69) is 25.9 Å². The lowest BCUT2D eigenvalue weighted by atomic mass is 10.2. The van der Waals surface area contributed by atoms with Crippen LogP contribution in [0.5, 0.6) is 0 Å². The van der Waals surface area contributed by atoms with Crippen LogP contribution in [0.2, 0.25) is 0 Å². The number of benzene rings is 1. The summed E-state index contributed by atoms with van der Waals surface area (Å²) >= 11 is 3.44. The molecule has 0 fully saturated rings. The molecule has 2 heterocycles. The Morgan fingerprint density at radius 2 is 2.00 bits per heavy atom. The summed E-state index contributed by atoms with van der Waals surface area (Å²) in [4.78, 5) is 22.1. The lowest BCUT2D eigenvalue weighted by Crippen LogP contribution is -2.37. The molecule has 1 aromatic heterocycles. The van der Waals surface area contributed by atoms with Crippen LogP contribution in [0.4, 0.5) is 4.79 Å². The van der Waals surface area contributed by atoms with Gasteiger partial charge in [0.1, 0.15) is 17.5 Å². The molecule has 1 atom stereocenters. The molecule has 0 aliphatic carbocycles. The highest BCUT2D eigenvalue weighted by Crippen LogP contribution is 2.31. The van der Waals surface area contributed by atoms with Crippen LogP contribution in [0, 0.1) is 0 Å². The normalized spacial score (nSPS) is 17.6. The van der Waals surface area contributed by atoms with Gasteiger partial charge in [-0.1, -0.05) is 39.7 Å². The van der Waals surface area contributed by atoms with Gasteiger partial charge in [-0.05, 0) is 45.4 Å². The minimum absolute atomic E-state index is 0.237. The first-order chi connectivity index (χ1) is 11.7. The van der Waals surface area contributed by atoms with Gasteiger partial charge in [0.2, 0.25) is 0 Å². The number of nitrogens with one attached hydrogen (secondary N) is 1. The Kier molecular flexibility index (Phi) is 4.73. The molecule has 0 bridgehead atoms. The monoisotopic (exact) mass is 403 g/mol. The largest absolute Gasteiger partial charge is 0.444 e. The van der Waals surface area contributed by atoms with Crippen LogP contribution in [0.15, 0.2) is 46.6 Å². The molecule has 1 aliphatic heterocycles. The van der Waals surface area contributed by atoms with E-state index in [1.54, 1.807) is 11.1 Å². The average Bonchev–Trinajstić information content (AvgIpc) is 3.12. The Bertz CT molecular complexity index is 803. The molecule has 2 aromatic rings. The summed E-state index contributed by atoms with van der Waals surface area (Å²) in [5.74, 6) is 0.737. The van der Waals surface area contributed by atoms with Crippen LogP contribution in [0.3, 0.4) is 0 Å². The molecule has 1 aromatic carbocycles. The lowest BCUT2D eigenvalue weighted by molar-refractivity contribution is 0.0233. The number of ether oxygens (including phenoxy) is 1. The fraction of sp³-hybridized carbons (Fsp3) is 0.368. The second-order valence-corrected chi connectivity index (χ2v) is 8.17. The Hall–Kier alpha value is -2.08. The van der Waals surface area contributed by atoms with Gasteiger partial charge in [0, 0.05) is 11.0 Å². The maximum absolute atomic E-state index is 12.5. The number of imidazole rings is 1. The number of H-pyrrole nitrogens is 1. The fourth-order valence-corrected chi connectivity index (χ4v) is 3.03. The Morgan fingerprint density at radius 3 is 2.64 bits per heavy atom. The maximum atomic E-state index is 12.5. The van der Waals surface area contributed by atoms with E-state index < -0.39 is 5.60 Å². The number of rotatable bonds is 2. The minimum Gasteiger partial charge on any atom is -0.444 e. The number of halogens is 1. The average molecular weight is 404 g/mol. The number of hydrogen-bond donors (Lipinski definition) is 1. The van der Waals surface area contributed by atoms with Gasteiger partial charge in [-0.25, -0.2) is 9.78 Å². The molecule has 0 saturated heterocycles. The van der Waals surface area contributed by atoms with Crippen LogP contribution in [-0.4, -0.2) is 33.1 Å². The summed E-state index contributed by atoms with van der Waals surface area (Å²) < 4.78 is 6.56. The van der Waals surface area contributed by atoms with E-state index in [0.29, 0.717) is 6.54 Å². The second kappa shape index (κ2) is 6.67. The zero-order chi connectivity index (χ0) is 18.2. The lowest BCUT2D eigenvalue weighted by Gasteiger charge is -2.27. The molecule has 132 valence electrons. The number of hydrogen-bond acceptors (Lipinski definition) is 3.